The molecule has 0 spiro atoms. The Balaban J connectivity index is 1.56. The van der Waals surface area contributed by atoms with Crippen molar-refractivity contribution >= 4 is 27.9 Å². The van der Waals surface area contributed by atoms with Gasteiger partial charge in [0.15, 0.2) is 4.96 Å². The summed E-state index contributed by atoms with van der Waals surface area (Å²) in [5.41, 5.74) is 4.70. The third kappa shape index (κ3) is 3.71. The Morgan fingerprint density at radius 2 is 2.07 bits per heavy atom. The van der Waals surface area contributed by atoms with Gasteiger partial charge in [0.2, 0.25) is 5.91 Å². The molecule has 1 amide bonds. The number of nitrogens with zero attached hydrogens (tertiary/aromatic N) is 2. The Hall–Kier alpha value is -3.12. The van der Waals surface area contributed by atoms with Crippen molar-refractivity contribution in [1.29, 1.82) is 0 Å². The number of imidazole rings is 1. The topological polar surface area (TPSA) is 55.6 Å². The van der Waals surface area contributed by atoms with Gasteiger partial charge in [-0.25, -0.2) is 4.98 Å². The summed E-state index contributed by atoms with van der Waals surface area (Å²) >= 11 is 1.53. The molecule has 0 atom stereocenters. The summed E-state index contributed by atoms with van der Waals surface area (Å²) in [6.45, 7) is 2.00. The van der Waals surface area contributed by atoms with Gasteiger partial charge in [0.1, 0.15) is 5.75 Å². The molecule has 0 aliphatic heterocycles. The number of hydrogen-bond donors (Lipinski definition) is 1. The molecule has 0 bridgehead atoms. The normalized spacial score (nSPS) is 10.9. The van der Waals surface area contributed by atoms with Crippen molar-refractivity contribution in [2.75, 3.05) is 12.4 Å². The predicted octanol–water partition coefficient (Wildman–Crippen LogP) is 4.56. The van der Waals surface area contributed by atoms with Crippen LogP contribution in [0.1, 0.15) is 11.3 Å². The largest absolute Gasteiger partial charge is 0.497 e. The molecular weight excluding hydrogens is 358 g/mol. The van der Waals surface area contributed by atoms with Crippen LogP contribution in [0.15, 0.2) is 60.1 Å². The average Bonchev–Trinajstić information content (AvgIpc) is 3.24. The van der Waals surface area contributed by atoms with Crippen LogP contribution in [0.2, 0.25) is 0 Å². The molecule has 5 nitrogen and oxygen atoms in total. The zero-order valence-corrected chi connectivity index (χ0v) is 15.9. The Kier molecular flexibility index (Phi) is 4.64. The number of hydrogen-bond acceptors (Lipinski definition) is 4. The second-order valence-electron chi connectivity index (χ2n) is 6.33. The van der Waals surface area contributed by atoms with Gasteiger partial charge in [0, 0.05) is 28.5 Å². The summed E-state index contributed by atoms with van der Waals surface area (Å²) in [7, 11) is 1.65. The van der Waals surface area contributed by atoms with Crippen molar-refractivity contribution < 1.29 is 9.53 Å². The fourth-order valence-electron chi connectivity index (χ4n) is 2.97. The molecule has 0 aliphatic rings. The number of anilines is 1. The number of amides is 1. The van der Waals surface area contributed by atoms with E-state index in [9.17, 15) is 4.79 Å². The van der Waals surface area contributed by atoms with Crippen LogP contribution in [0.25, 0.3) is 16.2 Å². The molecule has 136 valence electrons. The van der Waals surface area contributed by atoms with Crippen LogP contribution in [0, 0.1) is 6.92 Å². The van der Waals surface area contributed by atoms with Gasteiger partial charge in [-0.3, -0.25) is 9.20 Å². The number of carbonyl (C=O) groups excluding carboxylic acids is 1. The van der Waals surface area contributed by atoms with Gasteiger partial charge in [0.25, 0.3) is 0 Å². The highest BCUT2D eigenvalue weighted by atomic mass is 32.1. The highest BCUT2D eigenvalue weighted by molar-refractivity contribution is 7.15. The van der Waals surface area contributed by atoms with E-state index in [1.54, 1.807) is 7.11 Å². The van der Waals surface area contributed by atoms with Crippen molar-refractivity contribution in [2.24, 2.45) is 0 Å². The quantitative estimate of drug-likeness (QED) is 0.555. The van der Waals surface area contributed by atoms with Crippen LogP contribution < -0.4 is 10.1 Å². The molecule has 0 unspecified atom stereocenters. The fourth-order valence-corrected chi connectivity index (χ4v) is 3.84. The molecule has 4 rings (SSSR count). The first-order valence-electron chi connectivity index (χ1n) is 8.59. The van der Waals surface area contributed by atoms with Gasteiger partial charge in [-0.15, -0.1) is 11.3 Å². The maximum absolute atomic E-state index is 12.4. The monoisotopic (exact) mass is 377 g/mol. The first-order chi connectivity index (χ1) is 13.1. The summed E-state index contributed by atoms with van der Waals surface area (Å²) in [6, 6.07) is 15.6. The maximum Gasteiger partial charge on any atom is 0.230 e. The van der Waals surface area contributed by atoms with E-state index in [4.69, 9.17) is 4.74 Å². The van der Waals surface area contributed by atoms with Crippen molar-refractivity contribution in [1.82, 2.24) is 9.38 Å². The highest BCUT2D eigenvalue weighted by Gasteiger charge is 2.13. The van der Waals surface area contributed by atoms with E-state index in [1.807, 2.05) is 71.4 Å². The standard InChI is InChI=1S/C21H19N3O2S/c1-14-5-3-7-16(9-14)22-20(25)11-17-13-27-21-23-19(12-24(17)21)15-6-4-8-18(10-15)26-2/h3-10,12-13H,11H2,1-2H3,(H,22,25). The molecule has 27 heavy (non-hydrogen) atoms. The van der Waals surface area contributed by atoms with Crippen molar-refractivity contribution in [2.45, 2.75) is 13.3 Å². The minimum atomic E-state index is -0.0445. The Labute approximate surface area is 161 Å². The van der Waals surface area contributed by atoms with Crippen LogP contribution in [0.3, 0.4) is 0 Å². The minimum absolute atomic E-state index is 0.0445. The lowest BCUT2D eigenvalue weighted by Gasteiger charge is -2.05. The number of benzene rings is 2. The van der Waals surface area contributed by atoms with E-state index in [2.05, 4.69) is 10.3 Å². The van der Waals surface area contributed by atoms with E-state index < -0.39 is 0 Å². The lowest BCUT2D eigenvalue weighted by atomic mass is 10.1. The number of carbonyl (C=O) groups is 1. The first-order valence-corrected chi connectivity index (χ1v) is 9.47. The van der Waals surface area contributed by atoms with Crippen molar-refractivity contribution in [3.05, 3.63) is 71.4 Å². The molecule has 6 heteroatoms. The number of fused-ring (bicyclic) bond motifs is 1. The molecule has 0 radical (unpaired) electrons. The molecule has 1 N–H and O–H groups in total. The number of nitrogens with one attached hydrogen (secondary N) is 1. The number of aryl methyl sites for hydroxylation is 1. The van der Waals surface area contributed by atoms with E-state index in [-0.39, 0.29) is 5.91 Å². The molecule has 0 aliphatic carbocycles. The van der Waals surface area contributed by atoms with Gasteiger partial charge in [-0.1, -0.05) is 24.3 Å². The Morgan fingerprint density at radius 1 is 1.22 bits per heavy atom. The van der Waals surface area contributed by atoms with Gasteiger partial charge in [-0.05, 0) is 36.8 Å². The number of methoxy groups -OCH3 is 1. The molecular formula is C21H19N3O2S. The van der Waals surface area contributed by atoms with E-state index in [1.165, 1.54) is 11.3 Å². The van der Waals surface area contributed by atoms with Crippen LogP contribution in [-0.2, 0) is 11.2 Å². The lowest BCUT2D eigenvalue weighted by Crippen LogP contribution is -2.15. The molecule has 4 aromatic rings. The average molecular weight is 377 g/mol. The van der Waals surface area contributed by atoms with Gasteiger partial charge in [-0.2, -0.15) is 0 Å². The molecule has 0 saturated carbocycles. The SMILES string of the molecule is COc1cccc(-c2cn3c(CC(=O)Nc4cccc(C)c4)csc3n2)c1. The summed E-state index contributed by atoms with van der Waals surface area (Å²) in [4.78, 5) is 18.0. The fraction of sp³-hybridized carbons (Fsp3) is 0.143. The second-order valence-corrected chi connectivity index (χ2v) is 7.17. The van der Waals surface area contributed by atoms with Crippen LogP contribution >= 0.6 is 11.3 Å². The summed E-state index contributed by atoms with van der Waals surface area (Å²) in [5, 5.41) is 4.93. The zero-order chi connectivity index (χ0) is 18.8. The third-order valence-corrected chi connectivity index (χ3v) is 5.18. The molecule has 2 aromatic carbocycles. The lowest BCUT2D eigenvalue weighted by molar-refractivity contribution is -0.115. The first kappa shape index (κ1) is 17.3. The van der Waals surface area contributed by atoms with Gasteiger partial charge >= 0.3 is 0 Å². The van der Waals surface area contributed by atoms with Crippen LogP contribution in [0.4, 0.5) is 5.69 Å². The van der Waals surface area contributed by atoms with Crippen LogP contribution in [0.5, 0.6) is 5.75 Å². The number of thiazole rings is 1. The van der Waals surface area contributed by atoms with E-state index >= 15 is 0 Å². The van der Waals surface area contributed by atoms with E-state index in [0.717, 1.165) is 38.9 Å². The van der Waals surface area contributed by atoms with Crippen molar-refractivity contribution in [3.8, 4) is 17.0 Å². The predicted molar refractivity (Wildman–Crippen MR) is 109 cm³/mol. The van der Waals surface area contributed by atoms with Crippen molar-refractivity contribution in [3.63, 3.8) is 0 Å². The molecule has 0 saturated heterocycles. The Bertz CT molecular complexity index is 1110. The molecule has 2 heterocycles. The Morgan fingerprint density at radius 3 is 2.89 bits per heavy atom. The van der Waals surface area contributed by atoms with E-state index in [0.29, 0.717) is 6.42 Å². The van der Waals surface area contributed by atoms with Crippen LogP contribution in [-0.4, -0.2) is 22.4 Å². The second kappa shape index (κ2) is 7.25. The summed E-state index contributed by atoms with van der Waals surface area (Å²) in [5.74, 6) is 0.749. The number of aromatic nitrogens is 2. The zero-order valence-electron chi connectivity index (χ0n) is 15.1. The summed E-state index contributed by atoms with van der Waals surface area (Å²) < 4.78 is 7.27. The highest BCUT2D eigenvalue weighted by Crippen LogP contribution is 2.26. The molecule has 0 fully saturated rings. The minimum Gasteiger partial charge on any atom is -0.497 e. The third-order valence-electron chi connectivity index (χ3n) is 4.29. The van der Waals surface area contributed by atoms with Gasteiger partial charge in [0.05, 0.1) is 19.2 Å². The maximum atomic E-state index is 12.4. The number of rotatable bonds is 5. The molecule has 2 aromatic heterocycles. The number of ether oxygens (including phenoxy) is 1. The van der Waals surface area contributed by atoms with Gasteiger partial charge < -0.3 is 10.1 Å². The smallest absolute Gasteiger partial charge is 0.230 e. The summed E-state index contributed by atoms with van der Waals surface area (Å²) in [6.07, 6.45) is 2.26.